The number of nitriles is 1. The topological polar surface area (TPSA) is 85.6 Å². The Labute approximate surface area is 187 Å². The molecule has 1 aliphatic rings. The standard InChI is InChI=1S/C24H18BrNO5/c1-15(27)24(13-26,18-4-7-21-22(12-18)30-14-29-21)9-8-23(28)31-20-6-3-16-10-19(25)5-2-17(16)11-20/h2-7,10-12H,8-9,14H2,1H3/t24-/m1/s1. The van der Waals surface area contributed by atoms with Crippen LogP contribution < -0.4 is 14.2 Å². The SMILES string of the molecule is CC(=O)[C@](C#N)(CCC(=O)Oc1ccc2cc(Br)ccc2c1)c1ccc2c(c1)OCO2. The third kappa shape index (κ3) is 4.12. The van der Waals surface area contributed by atoms with Gasteiger partial charge in [-0.2, -0.15) is 5.26 Å². The van der Waals surface area contributed by atoms with Gasteiger partial charge in [-0.3, -0.25) is 9.59 Å². The van der Waals surface area contributed by atoms with Crippen LogP contribution in [0.15, 0.2) is 59.1 Å². The number of halogens is 1. The van der Waals surface area contributed by atoms with Crippen molar-refractivity contribution >= 4 is 38.5 Å². The summed E-state index contributed by atoms with van der Waals surface area (Å²) in [5.41, 5.74) is -1.01. The van der Waals surface area contributed by atoms with Gasteiger partial charge in [0.15, 0.2) is 17.3 Å². The summed E-state index contributed by atoms with van der Waals surface area (Å²) in [4.78, 5) is 25.0. The second-order valence-corrected chi connectivity index (χ2v) is 8.18. The summed E-state index contributed by atoms with van der Waals surface area (Å²) >= 11 is 3.43. The fourth-order valence-corrected chi connectivity index (χ4v) is 3.99. The van der Waals surface area contributed by atoms with Crippen LogP contribution in [0.4, 0.5) is 0 Å². The maximum absolute atomic E-state index is 12.5. The molecular formula is C24H18BrNO5. The number of esters is 1. The molecule has 31 heavy (non-hydrogen) atoms. The quantitative estimate of drug-likeness (QED) is 0.362. The van der Waals surface area contributed by atoms with Crippen molar-refractivity contribution in [2.24, 2.45) is 0 Å². The number of carbonyl (C=O) groups is 2. The summed E-state index contributed by atoms with van der Waals surface area (Å²) in [6, 6.07) is 18.2. The Bertz CT molecular complexity index is 1230. The van der Waals surface area contributed by atoms with E-state index in [2.05, 4.69) is 22.0 Å². The lowest BCUT2D eigenvalue weighted by molar-refractivity contribution is -0.134. The molecule has 156 valence electrons. The van der Waals surface area contributed by atoms with E-state index in [9.17, 15) is 14.9 Å². The van der Waals surface area contributed by atoms with Crippen LogP contribution in [0.2, 0.25) is 0 Å². The first-order chi connectivity index (χ1) is 14.9. The van der Waals surface area contributed by atoms with Crippen LogP contribution in [0, 0.1) is 11.3 Å². The second-order valence-electron chi connectivity index (χ2n) is 7.27. The molecule has 0 aliphatic carbocycles. The summed E-state index contributed by atoms with van der Waals surface area (Å²) in [5.74, 6) is 0.579. The summed E-state index contributed by atoms with van der Waals surface area (Å²) in [6.45, 7) is 1.44. The largest absolute Gasteiger partial charge is 0.454 e. The molecule has 1 heterocycles. The van der Waals surface area contributed by atoms with E-state index in [4.69, 9.17) is 14.2 Å². The van der Waals surface area contributed by atoms with E-state index >= 15 is 0 Å². The molecule has 3 aromatic carbocycles. The van der Waals surface area contributed by atoms with Gasteiger partial charge in [-0.15, -0.1) is 0 Å². The number of nitrogens with zero attached hydrogens (tertiary/aromatic N) is 1. The Morgan fingerprint density at radius 2 is 1.81 bits per heavy atom. The molecule has 0 bridgehead atoms. The Hall–Kier alpha value is -3.37. The van der Waals surface area contributed by atoms with E-state index in [1.165, 1.54) is 6.92 Å². The number of Topliss-reactive ketones (excluding diaryl/α,β-unsaturated/α-hetero) is 1. The van der Waals surface area contributed by atoms with E-state index < -0.39 is 11.4 Å². The van der Waals surface area contributed by atoms with E-state index in [0.29, 0.717) is 22.8 Å². The predicted molar refractivity (Wildman–Crippen MR) is 117 cm³/mol. The van der Waals surface area contributed by atoms with Gasteiger partial charge in [-0.05, 0) is 66.1 Å². The maximum Gasteiger partial charge on any atom is 0.311 e. The Morgan fingerprint density at radius 1 is 1.06 bits per heavy atom. The molecule has 3 aromatic rings. The number of hydrogen-bond acceptors (Lipinski definition) is 6. The minimum absolute atomic E-state index is 0.00214. The molecule has 0 radical (unpaired) electrons. The molecule has 1 aliphatic heterocycles. The first-order valence-corrected chi connectivity index (χ1v) is 10.4. The molecular weight excluding hydrogens is 462 g/mol. The number of fused-ring (bicyclic) bond motifs is 2. The zero-order valence-electron chi connectivity index (χ0n) is 16.7. The number of rotatable bonds is 6. The number of ketones is 1. The highest BCUT2D eigenvalue weighted by Crippen LogP contribution is 2.39. The molecule has 0 spiro atoms. The van der Waals surface area contributed by atoms with Crippen molar-refractivity contribution in [3.63, 3.8) is 0 Å². The van der Waals surface area contributed by atoms with Crippen molar-refractivity contribution in [2.75, 3.05) is 6.79 Å². The van der Waals surface area contributed by atoms with Gasteiger partial charge in [0, 0.05) is 10.9 Å². The number of carbonyl (C=O) groups excluding carboxylic acids is 2. The Morgan fingerprint density at radius 3 is 2.58 bits per heavy atom. The average Bonchev–Trinajstić information content (AvgIpc) is 3.22. The lowest BCUT2D eigenvalue weighted by Crippen LogP contribution is -2.33. The normalized spacial score (nSPS) is 14.0. The molecule has 6 nitrogen and oxygen atoms in total. The van der Waals surface area contributed by atoms with Gasteiger partial charge in [-0.1, -0.05) is 34.1 Å². The van der Waals surface area contributed by atoms with E-state index in [1.807, 2.05) is 24.3 Å². The maximum atomic E-state index is 12.5. The zero-order chi connectivity index (χ0) is 22.0. The molecule has 0 amide bonds. The minimum Gasteiger partial charge on any atom is -0.454 e. The molecule has 0 fully saturated rings. The third-order valence-corrected chi connectivity index (χ3v) is 5.86. The van der Waals surface area contributed by atoms with Crippen LogP contribution >= 0.6 is 15.9 Å². The zero-order valence-corrected chi connectivity index (χ0v) is 18.3. The molecule has 0 aromatic heterocycles. The fraction of sp³-hybridized carbons (Fsp3) is 0.208. The van der Waals surface area contributed by atoms with E-state index in [-0.39, 0.29) is 25.4 Å². The van der Waals surface area contributed by atoms with E-state index in [1.54, 1.807) is 30.3 Å². The molecule has 0 saturated carbocycles. The van der Waals surface area contributed by atoms with Crippen LogP contribution in [0.5, 0.6) is 17.2 Å². The fourth-order valence-electron chi connectivity index (χ4n) is 3.62. The van der Waals surface area contributed by atoms with Crippen molar-refractivity contribution in [1.82, 2.24) is 0 Å². The highest BCUT2D eigenvalue weighted by molar-refractivity contribution is 9.10. The predicted octanol–water partition coefficient (Wildman–Crippen LogP) is 5.07. The van der Waals surface area contributed by atoms with E-state index in [0.717, 1.165) is 15.2 Å². The highest BCUT2D eigenvalue weighted by atomic mass is 79.9. The molecule has 4 rings (SSSR count). The molecule has 0 N–H and O–H groups in total. The van der Waals surface area contributed by atoms with Gasteiger partial charge in [-0.25, -0.2) is 0 Å². The Kier molecular flexibility index (Phi) is 5.66. The Balaban J connectivity index is 1.51. The number of ether oxygens (including phenoxy) is 3. The molecule has 1 atom stereocenters. The van der Waals surface area contributed by atoms with Crippen molar-refractivity contribution in [3.05, 3.63) is 64.6 Å². The monoisotopic (exact) mass is 479 g/mol. The summed E-state index contributed by atoms with van der Waals surface area (Å²) in [6.07, 6.45) is -0.0994. The average molecular weight is 480 g/mol. The highest BCUT2D eigenvalue weighted by Gasteiger charge is 2.39. The van der Waals surface area contributed by atoms with Crippen LogP contribution in [-0.2, 0) is 15.0 Å². The lowest BCUT2D eigenvalue weighted by Gasteiger charge is -2.24. The molecule has 0 unspecified atom stereocenters. The van der Waals surface area contributed by atoms with Gasteiger partial charge in [0.2, 0.25) is 6.79 Å². The first-order valence-electron chi connectivity index (χ1n) is 9.64. The van der Waals surface area contributed by atoms with Crippen LogP contribution in [0.3, 0.4) is 0 Å². The van der Waals surface area contributed by atoms with Crippen molar-refractivity contribution in [2.45, 2.75) is 25.2 Å². The molecule has 0 saturated heterocycles. The van der Waals surface area contributed by atoms with Crippen molar-refractivity contribution in [1.29, 1.82) is 5.26 Å². The number of hydrogen-bond donors (Lipinski definition) is 0. The first kappa shape index (κ1) is 20.9. The van der Waals surface area contributed by atoms with Crippen molar-refractivity contribution in [3.8, 4) is 23.3 Å². The van der Waals surface area contributed by atoms with Crippen LogP contribution in [0.25, 0.3) is 10.8 Å². The van der Waals surface area contributed by atoms with Gasteiger partial charge >= 0.3 is 5.97 Å². The smallest absolute Gasteiger partial charge is 0.311 e. The van der Waals surface area contributed by atoms with Crippen molar-refractivity contribution < 1.29 is 23.8 Å². The second kappa shape index (κ2) is 8.40. The lowest BCUT2D eigenvalue weighted by atomic mass is 9.75. The van der Waals surface area contributed by atoms with Crippen LogP contribution in [-0.4, -0.2) is 18.5 Å². The van der Waals surface area contributed by atoms with Gasteiger partial charge in [0.25, 0.3) is 0 Å². The van der Waals surface area contributed by atoms with Gasteiger partial charge in [0.1, 0.15) is 11.2 Å². The third-order valence-electron chi connectivity index (χ3n) is 5.37. The van der Waals surface area contributed by atoms with Gasteiger partial charge < -0.3 is 14.2 Å². The minimum atomic E-state index is -1.48. The van der Waals surface area contributed by atoms with Crippen LogP contribution in [0.1, 0.15) is 25.3 Å². The summed E-state index contributed by atoms with van der Waals surface area (Å²) in [5, 5.41) is 11.8. The van der Waals surface area contributed by atoms with Gasteiger partial charge in [0.05, 0.1) is 6.07 Å². The number of benzene rings is 3. The summed E-state index contributed by atoms with van der Waals surface area (Å²) in [7, 11) is 0. The molecule has 7 heteroatoms. The summed E-state index contributed by atoms with van der Waals surface area (Å²) < 4.78 is 17.1.